The van der Waals surface area contributed by atoms with Gasteiger partial charge in [0.1, 0.15) is 11.5 Å². The molecule has 0 bridgehead atoms. The van der Waals surface area contributed by atoms with Crippen molar-refractivity contribution in [1.29, 1.82) is 0 Å². The van der Waals surface area contributed by atoms with Gasteiger partial charge in [0, 0.05) is 5.56 Å². The molecule has 0 spiro atoms. The van der Waals surface area contributed by atoms with Crippen molar-refractivity contribution in [2.24, 2.45) is 0 Å². The van der Waals surface area contributed by atoms with Gasteiger partial charge in [-0.25, -0.2) is 9.78 Å². The number of aliphatic hydroxyl groups is 1. The van der Waals surface area contributed by atoms with Crippen LogP contribution in [0, 0.1) is 0 Å². The van der Waals surface area contributed by atoms with Crippen LogP contribution in [0.15, 0.2) is 78.4 Å². The number of nitrogens with zero attached hydrogens (tertiary/aromatic N) is 2. The van der Waals surface area contributed by atoms with Crippen LogP contribution in [0.25, 0.3) is 16.0 Å². The van der Waals surface area contributed by atoms with E-state index in [0.29, 0.717) is 32.7 Å². The molecule has 4 aromatic rings. The van der Waals surface area contributed by atoms with Crippen LogP contribution in [-0.2, 0) is 14.3 Å². The lowest BCUT2D eigenvalue weighted by molar-refractivity contribution is -0.132. The predicted octanol–water partition coefficient (Wildman–Crippen LogP) is 5.11. The highest BCUT2D eigenvalue weighted by atomic mass is 32.1. The number of hydrogen-bond donors (Lipinski definition) is 1. The summed E-state index contributed by atoms with van der Waals surface area (Å²) >= 11 is 1.18. The molecule has 8 nitrogen and oxygen atoms in total. The first kappa shape index (κ1) is 24.2. The van der Waals surface area contributed by atoms with E-state index < -0.39 is 23.7 Å². The van der Waals surface area contributed by atoms with Gasteiger partial charge in [-0.1, -0.05) is 41.7 Å². The Balaban J connectivity index is 1.64. The highest BCUT2D eigenvalue weighted by Crippen LogP contribution is 2.44. The lowest BCUT2D eigenvalue weighted by atomic mass is 9.95. The number of rotatable bonds is 6. The van der Waals surface area contributed by atoms with E-state index in [0.717, 1.165) is 0 Å². The minimum absolute atomic E-state index is 0.0344. The summed E-state index contributed by atoms with van der Waals surface area (Å²) < 4.78 is 10.9. The maximum Gasteiger partial charge on any atom is 0.338 e. The fourth-order valence-corrected chi connectivity index (χ4v) is 5.27. The minimum Gasteiger partial charge on any atom is -0.507 e. The summed E-state index contributed by atoms with van der Waals surface area (Å²) in [5, 5.41) is 11.5. The van der Waals surface area contributed by atoms with Gasteiger partial charge in [0.05, 0.1) is 41.1 Å². The fraction of sp³-hybridized carbons (Fsp3) is 0.143. The highest BCUT2D eigenvalue weighted by molar-refractivity contribution is 7.22. The van der Waals surface area contributed by atoms with Gasteiger partial charge < -0.3 is 14.6 Å². The standard InChI is InChI=1S/C28H22N2O6S/c1-3-36-27(34)18-11-14-20-21(15-18)37-28(29-20)30-23(16-7-5-4-6-8-16)22(25(32)26(30)33)24(31)17-9-12-19(35-2)13-10-17/h4-15,23,31H,3H2,1-2H3. The molecule has 186 valence electrons. The predicted molar refractivity (Wildman–Crippen MR) is 140 cm³/mol. The molecular formula is C28H22N2O6S. The molecule has 1 aliphatic rings. The largest absolute Gasteiger partial charge is 0.507 e. The Labute approximate surface area is 216 Å². The number of esters is 1. The van der Waals surface area contributed by atoms with Gasteiger partial charge in [0.25, 0.3) is 5.78 Å². The average Bonchev–Trinajstić information content (AvgIpc) is 3.46. The number of hydrogen-bond acceptors (Lipinski definition) is 8. The number of fused-ring (bicyclic) bond motifs is 1. The van der Waals surface area contributed by atoms with Crippen LogP contribution in [0.4, 0.5) is 5.13 Å². The van der Waals surface area contributed by atoms with Crippen LogP contribution >= 0.6 is 11.3 Å². The van der Waals surface area contributed by atoms with E-state index in [1.54, 1.807) is 73.7 Å². The van der Waals surface area contributed by atoms with Crippen LogP contribution in [-0.4, -0.2) is 41.5 Å². The molecule has 9 heteroatoms. The molecule has 1 N–H and O–H groups in total. The Morgan fingerprint density at radius 2 is 1.73 bits per heavy atom. The van der Waals surface area contributed by atoms with Gasteiger partial charge in [-0.15, -0.1) is 0 Å². The Kier molecular flexibility index (Phi) is 6.45. The van der Waals surface area contributed by atoms with E-state index in [4.69, 9.17) is 9.47 Å². The zero-order valence-electron chi connectivity index (χ0n) is 20.0. The lowest BCUT2D eigenvalue weighted by Gasteiger charge is -2.22. The van der Waals surface area contributed by atoms with Crippen molar-refractivity contribution in [3.8, 4) is 5.75 Å². The van der Waals surface area contributed by atoms with Gasteiger partial charge in [-0.05, 0) is 55.0 Å². The zero-order chi connectivity index (χ0) is 26.1. The van der Waals surface area contributed by atoms with Crippen molar-refractivity contribution in [2.75, 3.05) is 18.6 Å². The molecule has 37 heavy (non-hydrogen) atoms. The zero-order valence-corrected chi connectivity index (χ0v) is 20.8. The minimum atomic E-state index is -0.895. The number of aromatic nitrogens is 1. The van der Waals surface area contributed by atoms with Crippen molar-refractivity contribution in [1.82, 2.24) is 4.98 Å². The average molecular weight is 515 g/mol. The molecule has 1 atom stereocenters. The number of carbonyl (C=O) groups excluding carboxylic acids is 3. The van der Waals surface area contributed by atoms with Gasteiger partial charge >= 0.3 is 11.9 Å². The third-order valence-electron chi connectivity index (χ3n) is 6.02. The number of anilines is 1. The molecular weight excluding hydrogens is 492 g/mol. The first-order chi connectivity index (χ1) is 17.9. The highest BCUT2D eigenvalue weighted by Gasteiger charge is 2.48. The molecule has 1 saturated heterocycles. The maximum atomic E-state index is 13.4. The van der Waals surface area contributed by atoms with Gasteiger partial charge in [0.2, 0.25) is 0 Å². The molecule has 0 aliphatic carbocycles. The summed E-state index contributed by atoms with van der Waals surface area (Å²) in [7, 11) is 1.53. The molecule has 1 aromatic heterocycles. The summed E-state index contributed by atoms with van der Waals surface area (Å²) in [5.41, 5.74) is 1.92. The van der Waals surface area contributed by atoms with E-state index in [1.165, 1.54) is 23.3 Å². The fourth-order valence-electron chi connectivity index (χ4n) is 4.24. The van der Waals surface area contributed by atoms with Gasteiger partial charge in [-0.2, -0.15) is 0 Å². The summed E-state index contributed by atoms with van der Waals surface area (Å²) in [5.74, 6) is -1.76. The van der Waals surface area contributed by atoms with E-state index in [2.05, 4.69) is 4.98 Å². The molecule has 3 aromatic carbocycles. The number of ketones is 1. The second kappa shape index (κ2) is 9.87. The summed E-state index contributed by atoms with van der Waals surface area (Å²) in [6, 6.07) is 19.6. The first-order valence-electron chi connectivity index (χ1n) is 11.5. The molecule has 1 unspecified atom stereocenters. The van der Waals surface area contributed by atoms with E-state index in [1.807, 2.05) is 6.07 Å². The Morgan fingerprint density at radius 3 is 2.41 bits per heavy atom. The number of ether oxygens (including phenoxy) is 2. The van der Waals surface area contributed by atoms with Gasteiger partial charge in [0.15, 0.2) is 5.13 Å². The van der Waals surface area contributed by atoms with E-state index >= 15 is 0 Å². The van der Waals surface area contributed by atoms with Crippen LogP contribution in [0.3, 0.4) is 0 Å². The van der Waals surface area contributed by atoms with Crippen molar-refractivity contribution in [3.63, 3.8) is 0 Å². The summed E-state index contributed by atoms with van der Waals surface area (Å²) in [6.07, 6.45) is 0. The Bertz CT molecular complexity index is 1540. The molecule has 1 aliphatic heterocycles. The third kappa shape index (κ3) is 4.34. The van der Waals surface area contributed by atoms with Crippen LogP contribution in [0.5, 0.6) is 5.75 Å². The molecule has 2 heterocycles. The van der Waals surface area contributed by atoms with Crippen LogP contribution < -0.4 is 9.64 Å². The molecule has 5 rings (SSSR count). The van der Waals surface area contributed by atoms with Crippen molar-refractivity contribution in [2.45, 2.75) is 13.0 Å². The van der Waals surface area contributed by atoms with Crippen molar-refractivity contribution in [3.05, 3.63) is 95.1 Å². The second-order valence-electron chi connectivity index (χ2n) is 8.21. The third-order valence-corrected chi connectivity index (χ3v) is 7.04. The number of carbonyl (C=O) groups is 3. The monoisotopic (exact) mass is 514 g/mol. The van der Waals surface area contributed by atoms with Crippen LogP contribution in [0.1, 0.15) is 34.5 Å². The maximum absolute atomic E-state index is 13.4. The number of Topliss-reactive ketones (excluding diaryl/α,β-unsaturated/α-hetero) is 1. The topological polar surface area (TPSA) is 106 Å². The van der Waals surface area contributed by atoms with Crippen molar-refractivity contribution < 1.29 is 29.0 Å². The van der Waals surface area contributed by atoms with Crippen molar-refractivity contribution >= 4 is 50.1 Å². The van der Waals surface area contributed by atoms with E-state index in [-0.39, 0.29) is 23.1 Å². The summed E-state index contributed by atoms with van der Waals surface area (Å²) in [4.78, 5) is 44.8. The quantitative estimate of drug-likeness (QED) is 0.165. The molecule has 1 fully saturated rings. The number of methoxy groups -OCH3 is 1. The Hall–Kier alpha value is -4.50. The molecule has 1 amide bonds. The number of thiazole rings is 1. The number of aliphatic hydroxyl groups excluding tert-OH is 1. The van der Waals surface area contributed by atoms with Gasteiger partial charge in [-0.3, -0.25) is 14.5 Å². The first-order valence-corrected chi connectivity index (χ1v) is 12.3. The normalized spacial score (nSPS) is 16.8. The lowest BCUT2D eigenvalue weighted by Crippen LogP contribution is -2.29. The smallest absolute Gasteiger partial charge is 0.338 e. The number of amides is 1. The summed E-state index contributed by atoms with van der Waals surface area (Å²) in [6.45, 7) is 1.98. The SMILES string of the molecule is CCOC(=O)c1ccc2nc(N3C(=O)C(=O)C(=C(O)c4ccc(OC)cc4)C3c3ccccc3)sc2c1. The van der Waals surface area contributed by atoms with E-state index in [9.17, 15) is 19.5 Å². The number of benzene rings is 3. The van der Waals surface area contributed by atoms with Crippen LogP contribution in [0.2, 0.25) is 0 Å². The Morgan fingerprint density at radius 1 is 1.03 bits per heavy atom. The second-order valence-corrected chi connectivity index (χ2v) is 9.22. The molecule has 0 saturated carbocycles. The molecule has 0 radical (unpaired) electrons.